The Hall–Kier alpha value is -1.04. The first kappa shape index (κ1) is 14.9. The van der Waals surface area contributed by atoms with Crippen molar-refractivity contribution in [1.29, 1.82) is 0 Å². The Kier molecular flexibility index (Phi) is 4.83. The summed E-state index contributed by atoms with van der Waals surface area (Å²) < 4.78 is 6.62. The maximum absolute atomic E-state index is 5.45. The van der Waals surface area contributed by atoms with E-state index in [0.29, 0.717) is 6.04 Å². The molecule has 0 radical (unpaired) electrons. The average Bonchev–Trinajstić information content (AvgIpc) is 2.95. The van der Waals surface area contributed by atoms with Crippen LogP contribution >= 0.6 is 27.3 Å². The number of benzene rings is 1. The van der Waals surface area contributed by atoms with Gasteiger partial charge in [0, 0.05) is 18.0 Å². The van der Waals surface area contributed by atoms with Crippen molar-refractivity contribution in [2.45, 2.75) is 13.0 Å². The average molecular weight is 367 g/mol. The molecule has 0 saturated carbocycles. The number of nitrogens with zero attached hydrogens (tertiary/aromatic N) is 1. The normalized spacial score (nSPS) is 16.8. The van der Waals surface area contributed by atoms with Gasteiger partial charge in [-0.1, -0.05) is 12.1 Å². The number of nitrogens with one attached hydrogen (secondary N) is 1. The van der Waals surface area contributed by atoms with Gasteiger partial charge in [-0.15, -0.1) is 11.3 Å². The zero-order chi connectivity index (χ0) is 14.7. The molecule has 112 valence electrons. The predicted octanol–water partition coefficient (Wildman–Crippen LogP) is 4.52. The minimum absolute atomic E-state index is 0.295. The Balaban J connectivity index is 1.78. The van der Waals surface area contributed by atoms with E-state index >= 15 is 0 Å². The number of ether oxygens (including phenoxy) is 1. The second-order valence-electron chi connectivity index (χ2n) is 5.12. The van der Waals surface area contributed by atoms with E-state index in [1.54, 1.807) is 11.3 Å². The van der Waals surface area contributed by atoms with Crippen LogP contribution in [0.15, 0.2) is 40.2 Å². The molecule has 0 spiro atoms. The zero-order valence-corrected chi connectivity index (χ0v) is 14.4. The molecule has 1 atom stereocenters. The minimum atomic E-state index is 0.295. The maximum atomic E-state index is 5.45. The summed E-state index contributed by atoms with van der Waals surface area (Å²) >= 11 is 5.31. The highest BCUT2D eigenvalue weighted by Crippen LogP contribution is 2.33. The van der Waals surface area contributed by atoms with Crippen LogP contribution in [0.5, 0.6) is 0 Å². The largest absolute Gasteiger partial charge is 0.378 e. The van der Waals surface area contributed by atoms with Gasteiger partial charge in [0.2, 0.25) is 0 Å². The Labute approximate surface area is 138 Å². The van der Waals surface area contributed by atoms with Crippen molar-refractivity contribution in [1.82, 2.24) is 0 Å². The number of hydrogen-bond donors (Lipinski definition) is 1. The van der Waals surface area contributed by atoms with Gasteiger partial charge >= 0.3 is 0 Å². The lowest BCUT2D eigenvalue weighted by molar-refractivity contribution is 0.123. The van der Waals surface area contributed by atoms with Crippen molar-refractivity contribution < 1.29 is 4.74 Å². The van der Waals surface area contributed by atoms with Crippen molar-refractivity contribution in [2.24, 2.45) is 0 Å². The van der Waals surface area contributed by atoms with Gasteiger partial charge in [-0.05, 0) is 47.1 Å². The van der Waals surface area contributed by atoms with Crippen LogP contribution in [-0.4, -0.2) is 26.3 Å². The first-order valence-corrected chi connectivity index (χ1v) is 8.78. The number of para-hydroxylation sites is 2. The summed E-state index contributed by atoms with van der Waals surface area (Å²) in [6.07, 6.45) is 0. The van der Waals surface area contributed by atoms with E-state index in [4.69, 9.17) is 4.74 Å². The second kappa shape index (κ2) is 6.81. The zero-order valence-electron chi connectivity index (χ0n) is 12.0. The summed E-state index contributed by atoms with van der Waals surface area (Å²) in [6.45, 7) is 5.73. The molecule has 1 aliphatic rings. The molecule has 1 saturated heterocycles. The van der Waals surface area contributed by atoms with E-state index in [1.807, 2.05) is 0 Å². The van der Waals surface area contributed by atoms with Crippen molar-refractivity contribution in [3.05, 3.63) is 45.1 Å². The molecular formula is C16H19BrN2OS. The number of morpholine rings is 1. The highest BCUT2D eigenvalue weighted by Gasteiger charge is 2.16. The SMILES string of the molecule is CC(Nc1ccccc1N1CCOCC1)c1ccc(Br)s1. The molecular weight excluding hydrogens is 348 g/mol. The quantitative estimate of drug-likeness (QED) is 0.860. The molecule has 21 heavy (non-hydrogen) atoms. The summed E-state index contributed by atoms with van der Waals surface area (Å²) in [4.78, 5) is 3.72. The minimum Gasteiger partial charge on any atom is -0.378 e. The summed E-state index contributed by atoms with van der Waals surface area (Å²) in [6, 6.07) is 13.1. The Morgan fingerprint density at radius 2 is 1.95 bits per heavy atom. The third-order valence-electron chi connectivity index (χ3n) is 3.65. The number of halogens is 1. The van der Waals surface area contributed by atoms with Gasteiger partial charge < -0.3 is 15.0 Å². The van der Waals surface area contributed by atoms with Gasteiger partial charge in [0.05, 0.1) is 34.4 Å². The molecule has 0 bridgehead atoms. The topological polar surface area (TPSA) is 24.5 Å². The van der Waals surface area contributed by atoms with Crippen molar-refractivity contribution in [3.8, 4) is 0 Å². The van der Waals surface area contributed by atoms with Crippen LogP contribution in [0, 0.1) is 0 Å². The number of anilines is 2. The highest BCUT2D eigenvalue weighted by atomic mass is 79.9. The summed E-state index contributed by atoms with van der Waals surface area (Å²) in [5, 5.41) is 3.64. The van der Waals surface area contributed by atoms with Crippen LogP contribution in [0.25, 0.3) is 0 Å². The second-order valence-corrected chi connectivity index (χ2v) is 7.62. The Morgan fingerprint density at radius 3 is 2.67 bits per heavy atom. The van der Waals surface area contributed by atoms with Gasteiger partial charge in [0.15, 0.2) is 0 Å². The van der Waals surface area contributed by atoms with Crippen molar-refractivity contribution in [2.75, 3.05) is 36.5 Å². The molecule has 3 nitrogen and oxygen atoms in total. The fraction of sp³-hybridized carbons (Fsp3) is 0.375. The van der Waals surface area contributed by atoms with Crippen molar-refractivity contribution >= 4 is 38.6 Å². The lowest BCUT2D eigenvalue weighted by atomic mass is 10.2. The summed E-state index contributed by atoms with van der Waals surface area (Å²) in [5.74, 6) is 0. The van der Waals surface area contributed by atoms with E-state index in [9.17, 15) is 0 Å². The van der Waals surface area contributed by atoms with E-state index in [2.05, 4.69) is 69.5 Å². The lowest BCUT2D eigenvalue weighted by Gasteiger charge is -2.31. The summed E-state index contributed by atoms with van der Waals surface area (Å²) in [7, 11) is 0. The van der Waals surface area contributed by atoms with Crippen LogP contribution in [-0.2, 0) is 4.74 Å². The molecule has 1 unspecified atom stereocenters. The van der Waals surface area contributed by atoms with Gasteiger partial charge in [-0.25, -0.2) is 0 Å². The number of hydrogen-bond acceptors (Lipinski definition) is 4. The smallest absolute Gasteiger partial charge is 0.0702 e. The van der Waals surface area contributed by atoms with Crippen LogP contribution < -0.4 is 10.2 Å². The van der Waals surface area contributed by atoms with E-state index in [-0.39, 0.29) is 0 Å². The van der Waals surface area contributed by atoms with Crippen LogP contribution in [0.3, 0.4) is 0 Å². The number of rotatable bonds is 4. The number of thiophene rings is 1. The molecule has 1 aliphatic heterocycles. The van der Waals surface area contributed by atoms with Crippen LogP contribution in [0.2, 0.25) is 0 Å². The fourth-order valence-corrected chi connectivity index (χ4v) is 3.97. The molecule has 3 rings (SSSR count). The molecule has 2 aromatic rings. The third kappa shape index (κ3) is 3.59. The van der Waals surface area contributed by atoms with Gasteiger partial charge in [-0.2, -0.15) is 0 Å². The molecule has 0 aliphatic carbocycles. The monoisotopic (exact) mass is 366 g/mol. The van der Waals surface area contributed by atoms with Crippen molar-refractivity contribution in [3.63, 3.8) is 0 Å². The van der Waals surface area contributed by atoms with E-state index in [1.165, 1.54) is 20.0 Å². The fourth-order valence-electron chi connectivity index (χ4n) is 2.54. The van der Waals surface area contributed by atoms with Gasteiger partial charge in [0.1, 0.15) is 0 Å². The van der Waals surface area contributed by atoms with E-state index in [0.717, 1.165) is 26.3 Å². The van der Waals surface area contributed by atoms with Gasteiger partial charge in [0.25, 0.3) is 0 Å². The molecule has 1 fully saturated rings. The standard InChI is InChI=1S/C16H19BrN2OS/c1-12(15-6-7-16(17)21-15)18-13-4-2-3-5-14(13)19-8-10-20-11-9-19/h2-7,12,18H,8-11H2,1H3. The first-order valence-electron chi connectivity index (χ1n) is 7.17. The van der Waals surface area contributed by atoms with Crippen LogP contribution in [0.4, 0.5) is 11.4 Å². The molecule has 5 heteroatoms. The predicted molar refractivity (Wildman–Crippen MR) is 93.5 cm³/mol. The Bertz CT molecular complexity index is 595. The molecule has 0 amide bonds. The molecule has 1 aromatic carbocycles. The summed E-state index contributed by atoms with van der Waals surface area (Å²) in [5.41, 5.74) is 2.46. The third-order valence-corrected chi connectivity index (χ3v) is 5.45. The van der Waals surface area contributed by atoms with Gasteiger partial charge in [-0.3, -0.25) is 0 Å². The molecule has 2 heterocycles. The van der Waals surface area contributed by atoms with Crippen LogP contribution in [0.1, 0.15) is 17.8 Å². The molecule has 1 aromatic heterocycles. The lowest BCUT2D eigenvalue weighted by Crippen LogP contribution is -2.36. The highest BCUT2D eigenvalue weighted by molar-refractivity contribution is 9.11. The molecule has 1 N–H and O–H groups in total. The Morgan fingerprint density at radius 1 is 1.19 bits per heavy atom. The maximum Gasteiger partial charge on any atom is 0.0702 e. The van der Waals surface area contributed by atoms with E-state index < -0.39 is 0 Å². The first-order chi connectivity index (χ1) is 10.2.